The first-order valence-electron chi connectivity index (χ1n) is 5.69. The Morgan fingerprint density at radius 2 is 2.00 bits per heavy atom. The van der Waals surface area contributed by atoms with Crippen LogP contribution < -0.4 is 9.47 Å². The summed E-state index contributed by atoms with van der Waals surface area (Å²) in [5.41, 5.74) is 1.22. The summed E-state index contributed by atoms with van der Waals surface area (Å²) in [6.45, 7) is 2.11. The summed E-state index contributed by atoms with van der Waals surface area (Å²) in [5.74, 6) is 2.15. The molecule has 4 heteroatoms. The maximum atomic E-state index is 5.82. The molecule has 94 valence electrons. The van der Waals surface area contributed by atoms with Crippen molar-refractivity contribution in [2.24, 2.45) is 0 Å². The van der Waals surface area contributed by atoms with Crippen LogP contribution in [0.2, 0.25) is 0 Å². The number of ether oxygens (including phenoxy) is 2. The van der Waals surface area contributed by atoms with E-state index in [-0.39, 0.29) is 0 Å². The van der Waals surface area contributed by atoms with Gasteiger partial charge in [-0.2, -0.15) is 0 Å². The van der Waals surface area contributed by atoms with Crippen molar-refractivity contribution in [1.29, 1.82) is 0 Å². The zero-order chi connectivity index (χ0) is 13.0. The molecule has 1 aromatic carbocycles. The van der Waals surface area contributed by atoms with Crippen LogP contribution in [0.4, 0.5) is 0 Å². The van der Waals surface area contributed by atoms with Crippen molar-refractivity contribution in [2.75, 3.05) is 7.11 Å². The van der Waals surface area contributed by atoms with E-state index in [1.165, 1.54) is 5.56 Å². The number of aromatic nitrogens is 1. The number of aryl methyl sites for hydroxylation is 1. The highest BCUT2D eigenvalue weighted by Crippen LogP contribution is 2.35. The number of halogens is 1. The molecule has 3 nitrogen and oxygen atoms in total. The van der Waals surface area contributed by atoms with Gasteiger partial charge in [0.15, 0.2) is 11.5 Å². The van der Waals surface area contributed by atoms with Gasteiger partial charge in [-0.05, 0) is 40.0 Å². The summed E-state index contributed by atoms with van der Waals surface area (Å²) < 4.78 is 12.0. The van der Waals surface area contributed by atoms with Crippen molar-refractivity contribution in [2.45, 2.75) is 13.3 Å². The van der Waals surface area contributed by atoms with Crippen molar-refractivity contribution >= 4 is 15.9 Å². The van der Waals surface area contributed by atoms with Crippen molar-refractivity contribution < 1.29 is 9.47 Å². The number of benzene rings is 1. The van der Waals surface area contributed by atoms with Gasteiger partial charge in [0, 0.05) is 18.5 Å². The molecule has 0 radical (unpaired) electrons. The topological polar surface area (TPSA) is 31.4 Å². The Hall–Kier alpha value is -1.55. The van der Waals surface area contributed by atoms with Crippen LogP contribution in [0, 0.1) is 0 Å². The molecule has 1 aromatic heterocycles. The molecule has 0 amide bonds. The first-order chi connectivity index (χ1) is 8.74. The molecule has 2 rings (SSSR count). The number of methoxy groups -OCH3 is 1. The summed E-state index contributed by atoms with van der Waals surface area (Å²) in [4.78, 5) is 4.00. The average Bonchev–Trinajstić information content (AvgIpc) is 2.41. The molecule has 18 heavy (non-hydrogen) atoms. The monoisotopic (exact) mass is 307 g/mol. The fourth-order valence-electron chi connectivity index (χ4n) is 1.58. The lowest BCUT2D eigenvalue weighted by molar-refractivity contribution is 0.377. The summed E-state index contributed by atoms with van der Waals surface area (Å²) in [7, 11) is 1.64. The Balaban J connectivity index is 2.32. The Morgan fingerprint density at radius 3 is 2.67 bits per heavy atom. The van der Waals surface area contributed by atoms with E-state index in [0.29, 0.717) is 11.5 Å². The van der Waals surface area contributed by atoms with Gasteiger partial charge in [-0.1, -0.05) is 13.0 Å². The van der Waals surface area contributed by atoms with E-state index in [1.807, 2.05) is 18.2 Å². The largest absolute Gasteiger partial charge is 0.493 e. The quantitative estimate of drug-likeness (QED) is 0.848. The van der Waals surface area contributed by atoms with Crippen molar-refractivity contribution in [3.8, 4) is 17.2 Å². The molecular weight excluding hydrogens is 294 g/mol. The minimum Gasteiger partial charge on any atom is -0.493 e. The second kappa shape index (κ2) is 5.87. The van der Waals surface area contributed by atoms with Crippen LogP contribution in [0.1, 0.15) is 12.5 Å². The van der Waals surface area contributed by atoms with E-state index in [2.05, 4.69) is 27.8 Å². The SMILES string of the molecule is CCc1ccc(Oc2ccncc2Br)c(OC)c1. The van der Waals surface area contributed by atoms with E-state index in [4.69, 9.17) is 9.47 Å². The highest BCUT2D eigenvalue weighted by atomic mass is 79.9. The molecule has 2 aromatic rings. The third kappa shape index (κ3) is 2.82. The van der Waals surface area contributed by atoms with Crippen LogP contribution in [0.3, 0.4) is 0 Å². The second-order valence-corrected chi connectivity index (χ2v) is 4.60. The molecule has 0 N–H and O–H groups in total. The average molecular weight is 308 g/mol. The maximum Gasteiger partial charge on any atom is 0.169 e. The minimum atomic E-state index is 0.696. The van der Waals surface area contributed by atoms with Crippen LogP contribution in [0.25, 0.3) is 0 Å². The first-order valence-corrected chi connectivity index (χ1v) is 6.48. The van der Waals surface area contributed by atoms with Gasteiger partial charge in [0.05, 0.1) is 11.6 Å². The molecular formula is C14H14BrNO2. The van der Waals surface area contributed by atoms with E-state index < -0.39 is 0 Å². The van der Waals surface area contributed by atoms with Gasteiger partial charge in [0.1, 0.15) is 5.75 Å². The number of rotatable bonds is 4. The summed E-state index contributed by atoms with van der Waals surface area (Å²) >= 11 is 3.40. The fraction of sp³-hybridized carbons (Fsp3) is 0.214. The van der Waals surface area contributed by atoms with Crippen molar-refractivity contribution in [3.05, 3.63) is 46.7 Å². The smallest absolute Gasteiger partial charge is 0.169 e. The highest BCUT2D eigenvalue weighted by Gasteiger charge is 2.08. The normalized spacial score (nSPS) is 10.2. The summed E-state index contributed by atoms with van der Waals surface area (Å²) in [5, 5.41) is 0. The Kier molecular flexibility index (Phi) is 4.20. The number of pyridine rings is 1. The molecule has 0 aliphatic heterocycles. The predicted molar refractivity (Wildman–Crippen MR) is 74.4 cm³/mol. The van der Waals surface area contributed by atoms with Gasteiger partial charge in [-0.25, -0.2) is 0 Å². The molecule has 0 fully saturated rings. The van der Waals surface area contributed by atoms with Crippen LogP contribution >= 0.6 is 15.9 Å². The maximum absolute atomic E-state index is 5.82. The Labute approximate surface area is 115 Å². The van der Waals surface area contributed by atoms with Crippen LogP contribution in [0.5, 0.6) is 17.2 Å². The van der Waals surface area contributed by atoms with E-state index in [9.17, 15) is 0 Å². The number of nitrogens with zero attached hydrogens (tertiary/aromatic N) is 1. The third-order valence-corrected chi connectivity index (χ3v) is 3.19. The van der Waals surface area contributed by atoms with Gasteiger partial charge >= 0.3 is 0 Å². The predicted octanol–water partition coefficient (Wildman–Crippen LogP) is 4.21. The van der Waals surface area contributed by atoms with E-state index >= 15 is 0 Å². The number of hydrogen-bond acceptors (Lipinski definition) is 3. The second-order valence-electron chi connectivity index (χ2n) is 3.75. The fourth-order valence-corrected chi connectivity index (χ4v) is 1.91. The van der Waals surface area contributed by atoms with Crippen LogP contribution in [0.15, 0.2) is 41.1 Å². The van der Waals surface area contributed by atoms with E-state index in [0.717, 1.165) is 16.6 Å². The summed E-state index contributed by atoms with van der Waals surface area (Å²) in [6.07, 6.45) is 4.35. The highest BCUT2D eigenvalue weighted by molar-refractivity contribution is 9.10. The Morgan fingerprint density at radius 1 is 1.17 bits per heavy atom. The van der Waals surface area contributed by atoms with Gasteiger partial charge in [0.25, 0.3) is 0 Å². The van der Waals surface area contributed by atoms with Crippen LogP contribution in [-0.4, -0.2) is 12.1 Å². The standard InChI is InChI=1S/C14H14BrNO2/c1-3-10-4-5-13(14(8-10)17-2)18-12-6-7-16-9-11(12)15/h4-9H,3H2,1-2H3. The lowest BCUT2D eigenvalue weighted by Gasteiger charge is -2.12. The molecule has 0 bridgehead atoms. The van der Waals surface area contributed by atoms with E-state index in [1.54, 1.807) is 25.6 Å². The molecule has 0 spiro atoms. The van der Waals surface area contributed by atoms with Crippen LogP contribution in [-0.2, 0) is 6.42 Å². The third-order valence-electron chi connectivity index (χ3n) is 2.59. The Bertz CT molecular complexity index is 543. The molecule has 1 heterocycles. The molecule has 0 saturated heterocycles. The van der Waals surface area contributed by atoms with Crippen molar-refractivity contribution in [3.63, 3.8) is 0 Å². The summed E-state index contributed by atoms with van der Waals surface area (Å²) in [6, 6.07) is 7.75. The minimum absolute atomic E-state index is 0.696. The molecule has 0 atom stereocenters. The lowest BCUT2D eigenvalue weighted by Crippen LogP contribution is -1.92. The zero-order valence-corrected chi connectivity index (χ0v) is 11.9. The zero-order valence-electron chi connectivity index (χ0n) is 10.3. The molecule has 0 unspecified atom stereocenters. The first kappa shape index (κ1) is 12.9. The van der Waals surface area contributed by atoms with Gasteiger partial charge < -0.3 is 9.47 Å². The van der Waals surface area contributed by atoms with Crippen molar-refractivity contribution in [1.82, 2.24) is 4.98 Å². The molecule has 0 aliphatic carbocycles. The number of hydrogen-bond donors (Lipinski definition) is 0. The van der Waals surface area contributed by atoms with Gasteiger partial charge in [-0.15, -0.1) is 0 Å². The molecule has 0 aliphatic rings. The van der Waals surface area contributed by atoms with Gasteiger partial charge in [-0.3, -0.25) is 4.98 Å². The lowest BCUT2D eigenvalue weighted by atomic mass is 10.1. The molecule has 0 saturated carbocycles. The van der Waals surface area contributed by atoms with Gasteiger partial charge in [0.2, 0.25) is 0 Å².